The molecule has 35 heavy (non-hydrogen) atoms. The van der Waals surface area contributed by atoms with Gasteiger partial charge < -0.3 is 30.3 Å². The van der Waals surface area contributed by atoms with Crippen molar-refractivity contribution in [1.82, 2.24) is 10.6 Å². The highest BCUT2D eigenvalue weighted by molar-refractivity contribution is 5.84. The van der Waals surface area contributed by atoms with Crippen LogP contribution in [-0.4, -0.2) is 73.0 Å². The van der Waals surface area contributed by atoms with Crippen molar-refractivity contribution in [3.8, 4) is 0 Å². The summed E-state index contributed by atoms with van der Waals surface area (Å²) in [6.07, 6.45) is 10.5. The van der Waals surface area contributed by atoms with Crippen LogP contribution in [-0.2, 0) is 28.7 Å². The van der Waals surface area contributed by atoms with Crippen LogP contribution in [0.4, 0.5) is 0 Å². The van der Waals surface area contributed by atoms with E-state index < -0.39 is 18.0 Å². The topological polar surface area (TPSA) is 151 Å². The first-order chi connectivity index (χ1) is 16.9. The fourth-order valence-corrected chi connectivity index (χ4v) is 3.49. The van der Waals surface area contributed by atoms with Gasteiger partial charge in [-0.3, -0.25) is 14.4 Å². The van der Waals surface area contributed by atoms with E-state index in [1.807, 2.05) is 6.92 Å². The molecule has 0 aliphatic heterocycles. The highest BCUT2D eigenvalue weighted by atomic mass is 16.5. The molecule has 0 heterocycles. The van der Waals surface area contributed by atoms with E-state index >= 15 is 0 Å². The van der Waals surface area contributed by atoms with Crippen LogP contribution >= 0.6 is 0 Å². The predicted molar refractivity (Wildman–Crippen MR) is 132 cm³/mol. The number of hydrogen-bond donors (Lipinski definition) is 4. The van der Waals surface area contributed by atoms with Crippen LogP contribution in [0.1, 0.15) is 96.8 Å². The van der Waals surface area contributed by atoms with Crippen molar-refractivity contribution in [2.24, 2.45) is 0 Å². The van der Waals surface area contributed by atoms with Gasteiger partial charge in [0.2, 0.25) is 11.8 Å². The lowest BCUT2D eigenvalue weighted by molar-refractivity contribution is -0.142. The SMILES string of the molecule is CCOCCOCCNC(=O)CCC(NC(=O)CCCCCCCCCCCCC(=O)O)C(=O)O. The van der Waals surface area contributed by atoms with E-state index in [0.29, 0.717) is 39.4 Å². The maximum atomic E-state index is 12.1. The number of ether oxygens (including phenoxy) is 2. The lowest BCUT2D eigenvalue weighted by Gasteiger charge is -2.14. The number of unbranched alkanes of at least 4 members (excludes halogenated alkanes) is 9. The van der Waals surface area contributed by atoms with Gasteiger partial charge >= 0.3 is 11.9 Å². The fourth-order valence-electron chi connectivity index (χ4n) is 3.49. The average Bonchev–Trinajstić information content (AvgIpc) is 2.81. The molecule has 2 amide bonds. The quantitative estimate of drug-likeness (QED) is 0.139. The van der Waals surface area contributed by atoms with Crippen molar-refractivity contribution < 1.29 is 38.9 Å². The lowest BCUT2D eigenvalue weighted by atomic mass is 10.0. The van der Waals surface area contributed by atoms with E-state index in [9.17, 15) is 24.3 Å². The van der Waals surface area contributed by atoms with E-state index in [4.69, 9.17) is 14.6 Å². The van der Waals surface area contributed by atoms with Crippen LogP contribution in [0.25, 0.3) is 0 Å². The molecule has 1 atom stereocenters. The summed E-state index contributed by atoms with van der Waals surface area (Å²) in [5.41, 5.74) is 0. The molecule has 0 aliphatic rings. The van der Waals surface area contributed by atoms with E-state index in [-0.39, 0.29) is 37.5 Å². The molecule has 0 aromatic rings. The van der Waals surface area contributed by atoms with E-state index in [2.05, 4.69) is 10.6 Å². The van der Waals surface area contributed by atoms with Gasteiger partial charge in [0, 0.05) is 32.4 Å². The molecule has 0 aromatic heterocycles. The van der Waals surface area contributed by atoms with E-state index in [1.54, 1.807) is 0 Å². The second-order valence-corrected chi connectivity index (χ2v) is 8.59. The molecule has 4 N–H and O–H groups in total. The molecule has 0 rings (SSSR count). The third kappa shape index (κ3) is 23.3. The Morgan fingerprint density at radius 3 is 1.77 bits per heavy atom. The molecule has 204 valence electrons. The zero-order valence-electron chi connectivity index (χ0n) is 21.4. The van der Waals surface area contributed by atoms with E-state index in [1.165, 1.54) is 0 Å². The largest absolute Gasteiger partial charge is 0.481 e. The van der Waals surface area contributed by atoms with Crippen LogP contribution in [0.2, 0.25) is 0 Å². The molecule has 0 spiro atoms. The molecular weight excluding hydrogens is 456 g/mol. The minimum absolute atomic E-state index is 0.00967. The molecule has 0 saturated heterocycles. The first-order valence-electron chi connectivity index (χ1n) is 13.0. The third-order valence-corrected chi connectivity index (χ3v) is 5.48. The molecular formula is C25H46N2O8. The van der Waals surface area contributed by atoms with Crippen LogP contribution < -0.4 is 10.6 Å². The Kier molecular flexibility index (Phi) is 22.1. The van der Waals surface area contributed by atoms with Gasteiger partial charge in [0.15, 0.2) is 0 Å². The number of aliphatic carboxylic acids is 2. The summed E-state index contributed by atoms with van der Waals surface area (Å²) < 4.78 is 10.4. The van der Waals surface area contributed by atoms with Crippen molar-refractivity contribution in [1.29, 1.82) is 0 Å². The van der Waals surface area contributed by atoms with Gasteiger partial charge in [-0.05, 0) is 26.2 Å². The van der Waals surface area contributed by atoms with Crippen LogP contribution in [0.3, 0.4) is 0 Å². The van der Waals surface area contributed by atoms with Gasteiger partial charge in [0.05, 0.1) is 19.8 Å². The maximum absolute atomic E-state index is 12.1. The average molecular weight is 503 g/mol. The number of carboxylic acid groups (broad SMARTS) is 2. The zero-order chi connectivity index (χ0) is 26.2. The Bertz CT molecular complexity index is 586. The Labute approximate surface area is 209 Å². The number of amides is 2. The number of carbonyl (C=O) groups is 4. The molecule has 0 aliphatic carbocycles. The monoisotopic (exact) mass is 502 g/mol. The molecule has 0 radical (unpaired) electrons. The van der Waals surface area contributed by atoms with Gasteiger partial charge in [0.25, 0.3) is 0 Å². The predicted octanol–water partition coefficient (Wildman–Crippen LogP) is 3.27. The van der Waals surface area contributed by atoms with Crippen LogP contribution in [0.5, 0.6) is 0 Å². The van der Waals surface area contributed by atoms with Gasteiger partial charge in [-0.2, -0.15) is 0 Å². The normalized spacial score (nSPS) is 11.7. The Morgan fingerprint density at radius 2 is 1.23 bits per heavy atom. The lowest BCUT2D eigenvalue weighted by Crippen LogP contribution is -2.41. The number of nitrogens with one attached hydrogen (secondary N) is 2. The first kappa shape index (κ1) is 32.8. The highest BCUT2D eigenvalue weighted by Crippen LogP contribution is 2.12. The summed E-state index contributed by atoms with van der Waals surface area (Å²) in [5.74, 6) is -2.46. The Morgan fingerprint density at radius 1 is 0.686 bits per heavy atom. The third-order valence-electron chi connectivity index (χ3n) is 5.48. The molecule has 0 saturated carbocycles. The second kappa shape index (κ2) is 23.5. The first-order valence-corrected chi connectivity index (χ1v) is 13.0. The number of rotatable bonds is 25. The molecule has 10 nitrogen and oxygen atoms in total. The summed E-state index contributed by atoms with van der Waals surface area (Å²) in [6, 6.07) is -1.08. The summed E-state index contributed by atoms with van der Waals surface area (Å²) in [6.45, 7) is 4.17. The Hall–Kier alpha value is -2.20. The van der Waals surface area contributed by atoms with Gasteiger partial charge in [-0.25, -0.2) is 4.79 Å². The van der Waals surface area contributed by atoms with Crippen molar-refractivity contribution in [2.75, 3.05) is 33.0 Å². The zero-order valence-corrected chi connectivity index (χ0v) is 21.4. The molecule has 0 fully saturated rings. The van der Waals surface area contributed by atoms with Gasteiger partial charge in [-0.1, -0.05) is 51.4 Å². The van der Waals surface area contributed by atoms with Crippen molar-refractivity contribution in [3.05, 3.63) is 0 Å². The molecule has 1 unspecified atom stereocenters. The highest BCUT2D eigenvalue weighted by Gasteiger charge is 2.20. The van der Waals surface area contributed by atoms with Gasteiger partial charge in [0.1, 0.15) is 6.04 Å². The maximum Gasteiger partial charge on any atom is 0.326 e. The smallest absolute Gasteiger partial charge is 0.326 e. The number of carbonyl (C=O) groups excluding carboxylic acids is 2. The summed E-state index contributed by atoms with van der Waals surface area (Å²) in [4.78, 5) is 45.8. The summed E-state index contributed by atoms with van der Waals surface area (Å²) >= 11 is 0. The summed E-state index contributed by atoms with van der Waals surface area (Å²) in [7, 11) is 0. The molecule has 0 aromatic carbocycles. The number of carboxylic acids is 2. The second-order valence-electron chi connectivity index (χ2n) is 8.59. The Balaban J connectivity index is 3.73. The molecule has 0 bridgehead atoms. The van der Waals surface area contributed by atoms with E-state index in [0.717, 1.165) is 57.8 Å². The molecule has 10 heteroatoms. The fraction of sp³-hybridized carbons (Fsp3) is 0.840. The van der Waals surface area contributed by atoms with Crippen LogP contribution in [0, 0.1) is 0 Å². The minimum Gasteiger partial charge on any atom is -0.481 e. The minimum atomic E-state index is -1.15. The van der Waals surface area contributed by atoms with Crippen molar-refractivity contribution in [3.63, 3.8) is 0 Å². The van der Waals surface area contributed by atoms with Crippen molar-refractivity contribution >= 4 is 23.8 Å². The number of hydrogen-bond acceptors (Lipinski definition) is 6. The van der Waals surface area contributed by atoms with Crippen molar-refractivity contribution in [2.45, 2.75) is 103 Å². The van der Waals surface area contributed by atoms with Crippen LogP contribution in [0.15, 0.2) is 0 Å². The van der Waals surface area contributed by atoms with Gasteiger partial charge in [-0.15, -0.1) is 0 Å². The summed E-state index contributed by atoms with van der Waals surface area (Å²) in [5, 5.41) is 23.1. The standard InChI is InChI=1S/C25H46N2O8/c1-2-34-19-20-35-18-17-26-22(28)16-15-21(25(32)33)27-23(29)13-11-9-7-5-3-4-6-8-10-12-14-24(30)31/h21H,2-20H2,1H3,(H,26,28)(H,27,29)(H,30,31)(H,32,33).